The molecule has 0 saturated carbocycles. The van der Waals surface area contributed by atoms with E-state index in [1.54, 1.807) is 0 Å². The van der Waals surface area contributed by atoms with Gasteiger partial charge in [-0.2, -0.15) is 10.2 Å². The molecule has 16 heavy (non-hydrogen) atoms. The van der Waals surface area contributed by atoms with Crippen LogP contribution >= 0.6 is 0 Å². The minimum atomic E-state index is 0.728. The van der Waals surface area contributed by atoms with Crippen LogP contribution in [0.3, 0.4) is 0 Å². The molecule has 2 rings (SSSR count). The van der Waals surface area contributed by atoms with Crippen LogP contribution in [0.15, 0.2) is 18.3 Å². The van der Waals surface area contributed by atoms with Gasteiger partial charge in [-0.25, -0.2) is 0 Å². The number of nitrogens with zero attached hydrogens (tertiary/aromatic N) is 4. The summed E-state index contributed by atoms with van der Waals surface area (Å²) in [7, 11) is 1.93. The zero-order valence-electron chi connectivity index (χ0n) is 9.94. The van der Waals surface area contributed by atoms with Crippen molar-refractivity contribution in [3.8, 4) is 0 Å². The fourth-order valence-corrected chi connectivity index (χ4v) is 1.63. The predicted molar refractivity (Wildman–Crippen MR) is 63.2 cm³/mol. The maximum atomic E-state index is 4.40. The lowest BCUT2D eigenvalue weighted by molar-refractivity contribution is 0.648. The highest BCUT2D eigenvalue weighted by molar-refractivity contribution is 5.36. The molecule has 0 aromatic carbocycles. The molecular weight excluding hydrogens is 202 g/mol. The van der Waals surface area contributed by atoms with Crippen molar-refractivity contribution in [3.63, 3.8) is 0 Å². The fraction of sp³-hybridized carbons (Fsp3) is 0.455. The van der Waals surface area contributed by atoms with Crippen molar-refractivity contribution in [1.82, 2.24) is 19.6 Å². The largest absolute Gasteiger partial charge is 0.365 e. The van der Waals surface area contributed by atoms with Crippen LogP contribution in [0.1, 0.15) is 18.3 Å². The molecule has 0 aliphatic heterocycles. The van der Waals surface area contributed by atoms with Gasteiger partial charge in [-0.05, 0) is 19.9 Å². The minimum absolute atomic E-state index is 0.728. The molecule has 0 amide bonds. The molecule has 5 nitrogen and oxygen atoms in total. The molecule has 0 radical (unpaired) electrons. The molecule has 86 valence electrons. The van der Waals surface area contributed by atoms with E-state index in [0.29, 0.717) is 0 Å². The van der Waals surface area contributed by atoms with Crippen LogP contribution in [0.25, 0.3) is 0 Å². The third-order valence-corrected chi connectivity index (χ3v) is 2.47. The zero-order valence-corrected chi connectivity index (χ0v) is 9.94. The highest BCUT2D eigenvalue weighted by Gasteiger charge is 2.02. The molecule has 0 unspecified atom stereocenters. The first-order valence-electron chi connectivity index (χ1n) is 5.46. The number of hydrogen-bond donors (Lipinski definition) is 1. The second-order valence-corrected chi connectivity index (χ2v) is 3.81. The predicted octanol–water partition coefficient (Wildman–Crippen LogP) is 1.56. The van der Waals surface area contributed by atoms with Gasteiger partial charge in [0.1, 0.15) is 5.82 Å². The van der Waals surface area contributed by atoms with E-state index in [-0.39, 0.29) is 0 Å². The lowest BCUT2D eigenvalue weighted by Crippen LogP contribution is -2.05. The fourth-order valence-electron chi connectivity index (χ4n) is 1.63. The molecule has 0 aliphatic rings. The molecule has 5 heteroatoms. The molecule has 0 bridgehead atoms. The second-order valence-electron chi connectivity index (χ2n) is 3.81. The van der Waals surface area contributed by atoms with Crippen molar-refractivity contribution in [2.24, 2.45) is 7.05 Å². The van der Waals surface area contributed by atoms with Gasteiger partial charge in [0, 0.05) is 25.9 Å². The zero-order chi connectivity index (χ0) is 11.5. The molecule has 0 aliphatic carbocycles. The van der Waals surface area contributed by atoms with Crippen LogP contribution in [-0.4, -0.2) is 19.6 Å². The summed E-state index contributed by atoms with van der Waals surface area (Å²) in [6.07, 6.45) is 1.99. The van der Waals surface area contributed by atoms with Crippen molar-refractivity contribution in [3.05, 3.63) is 29.7 Å². The average molecular weight is 219 g/mol. The Hall–Kier alpha value is -1.78. The Morgan fingerprint density at radius 3 is 2.75 bits per heavy atom. The van der Waals surface area contributed by atoms with Crippen molar-refractivity contribution in [1.29, 1.82) is 0 Å². The van der Waals surface area contributed by atoms with Gasteiger partial charge in [-0.3, -0.25) is 9.36 Å². The lowest BCUT2D eigenvalue weighted by Gasteiger charge is -2.03. The van der Waals surface area contributed by atoms with Crippen molar-refractivity contribution < 1.29 is 0 Å². The SMILES string of the molecule is CCn1ccc(CNc2cc(C)nn2C)n1. The van der Waals surface area contributed by atoms with Gasteiger partial charge < -0.3 is 5.32 Å². The minimum Gasteiger partial charge on any atom is -0.365 e. The summed E-state index contributed by atoms with van der Waals surface area (Å²) in [4.78, 5) is 0. The Morgan fingerprint density at radius 1 is 1.38 bits per heavy atom. The number of aryl methyl sites for hydroxylation is 3. The Kier molecular flexibility index (Phi) is 2.94. The van der Waals surface area contributed by atoms with Crippen molar-refractivity contribution in [2.75, 3.05) is 5.32 Å². The van der Waals surface area contributed by atoms with Gasteiger partial charge in [0.15, 0.2) is 0 Å². The van der Waals surface area contributed by atoms with Gasteiger partial charge >= 0.3 is 0 Å². The Bertz CT molecular complexity index is 468. The summed E-state index contributed by atoms with van der Waals surface area (Å²) in [6.45, 7) is 5.70. The smallest absolute Gasteiger partial charge is 0.124 e. The van der Waals surface area contributed by atoms with Gasteiger partial charge in [-0.1, -0.05) is 0 Å². The first-order valence-corrected chi connectivity index (χ1v) is 5.46. The molecule has 0 fully saturated rings. The highest BCUT2D eigenvalue weighted by Crippen LogP contribution is 2.09. The van der Waals surface area contributed by atoms with Crippen LogP contribution in [0.4, 0.5) is 5.82 Å². The third-order valence-electron chi connectivity index (χ3n) is 2.47. The first kappa shape index (κ1) is 10.7. The first-order chi connectivity index (χ1) is 7.69. The number of hydrogen-bond acceptors (Lipinski definition) is 3. The van der Waals surface area contributed by atoms with E-state index in [0.717, 1.165) is 30.3 Å². The van der Waals surface area contributed by atoms with Gasteiger partial charge in [0.05, 0.1) is 17.9 Å². The van der Waals surface area contributed by atoms with E-state index in [2.05, 4.69) is 22.4 Å². The van der Waals surface area contributed by atoms with E-state index in [1.165, 1.54) is 0 Å². The molecule has 2 aromatic rings. The maximum absolute atomic E-state index is 4.40. The molecule has 2 aromatic heterocycles. The van der Waals surface area contributed by atoms with E-state index < -0.39 is 0 Å². The monoisotopic (exact) mass is 219 g/mol. The summed E-state index contributed by atoms with van der Waals surface area (Å²) in [5, 5.41) is 12.0. The van der Waals surface area contributed by atoms with Gasteiger partial charge in [0.25, 0.3) is 0 Å². The Morgan fingerprint density at radius 2 is 2.19 bits per heavy atom. The maximum Gasteiger partial charge on any atom is 0.124 e. The van der Waals surface area contributed by atoms with Crippen LogP contribution in [-0.2, 0) is 20.1 Å². The highest BCUT2D eigenvalue weighted by atomic mass is 15.3. The lowest BCUT2D eigenvalue weighted by atomic mass is 10.4. The van der Waals surface area contributed by atoms with Crippen LogP contribution in [0.2, 0.25) is 0 Å². The Labute approximate surface area is 95.1 Å². The molecule has 2 heterocycles. The normalized spacial score (nSPS) is 10.7. The summed E-state index contributed by atoms with van der Waals surface area (Å²) in [6, 6.07) is 4.05. The number of aromatic nitrogens is 4. The van der Waals surface area contributed by atoms with Crippen LogP contribution < -0.4 is 5.32 Å². The quantitative estimate of drug-likeness (QED) is 0.848. The number of rotatable bonds is 4. The van der Waals surface area contributed by atoms with E-state index >= 15 is 0 Å². The molecule has 0 saturated heterocycles. The summed E-state index contributed by atoms with van der Waals surface area (Å²) in [5.74, 6) is 1.02. The van der Waals surface area contributed by atoms with E-state index in [9.17, 15) is 0 Å². The summed E-state index contributed by atoms with van der Waals surface area (Å²) >= 11 is 0. The molecule has 0 spiro atoms. The Balaban J connectivity index is 1.99. The second kappa shape index (κ2) is 4.38. The van der Waals surface area contributed by atoms with Crippen LogP contribution in [0, 0.1) is 6.92 Å². The molecular formula is C11H17N5. The average Bonchev–Trinajstić information content (AvgIpc) is 2.82. The third kappa shape index (κ3) is 2.24. The molecule has 0 atom stereocenters. The van der Waals surface area contributed by atoms with Gasteiger partial charge in [0.2, 0.25) is 0 Å². The topological polar surface area (TPSA) is 47.7 Å². The van der Waals surface area contributed by atoms with Crippen molar-refractivity contribution >= 4 is 5.82 Å². The summed E-state index contributed by atoms with van der Waals surface area (Å²) < 4.78 is 3.76. The standard InChI is InChI=1S/C11H17N5/c1-4-16-6-5-10(14-16)8-12-11-7-9(2)13-15(11)3/h5-7,12H,4,8H2,1-3H3. The van der Waals surface area contributed by atoms with E-state index in [4.69, 9.17) is 0 Å². The van der Waals surface area contributed by atoms with Crippen LogP contribution in [0.5, 0.6) is 0 Å². The number of anilines is 1. The summed E-state index contributed by atoms with van der Waals surface area (Å²) in [5.41, 5.74) is 2.06. The molecule has 1 N–H and O–H groups in total. The number of nitrogens with one attached hydrogen (secondary N) is 1. The van der Waals surface area contributed by atoms with Crippen molar-refractivity contribution in [2.45, 2.75) is 26.9 Å². The van der Waals surface area contributed by atoms with Gasteiger partial charge in [-0.15, -0.1) is 0 Å². The van der Waals surface area contributed by atoms with E-state index in [1.807, 2.05) is 41.7 Å².